The molecule has 1 aromatic heterocycles. The first-order chi connectivity index (χ1) is 6.66. The molecule has 0 aliphatic carbocycles. The molecule has 0 saturated carbocycles. The summed E-state index contributed by atoms with van der Waals surface area (Å²) in [5.74, 6) is 0. The summed E-state index contributed by atoms with van der Waals surface area (Å²) < 4.78 is 2.04. The van der Waals surface area contributed by atoms with Crippen LogP contribution >= 0.6 is 15.9 Å². The lowest BCUT2D eigenvalue weighted by molar-refractivity contribution is 0.945. The predicted molar refractivity (Wildman–Crippen MR) is 62.8 cm³/mol. The summed E-state index contributed by atoms with van der Waals surface area (Å²) in [5.41, 5.74) is 3.61. The highest BCUT2D eigenvalue weighted by molar-refractivity contribution is 9.09. The van der Waals surface area contributed by atoms with E-state index in [-0.39, 0.29) is 0 Å². The van der Waals surface area contributed by atoms with Gasteiger partial charge in [-0.25, -0.2) is 4.98 Å². The van der Waals surface area contributed by atoms with Gasteiger partial charge in [-0.2, -0.15) is 0 Å². The molecule has 2 nitrogen and oxygen atoms in total. The largest absolute Gasteiger partial charge is 0.334 e. The van der Waals surface area contributed by atoms with E-state index in [0.717, 1.165) is 11.9 Å². The van der Waals surface area contributed by atoms with Gasteiger partial charge in [-0.05, 0) is 24.1 Å². The van der Waals surface area contributed by atoms with Gasteiger partial charge in [-0.3, -0.25) is 0 Å². The Kier molecular flexibility index (Phi) is 2.59. The Balaban J connectivity index is 2.42. The standard InChI is InChI=1S/C11H13BrN2/c1-8(12)5-9-3-4-11-10(6-9)13-7-14(11)2/h3-4,6-8H,5H2,1-2H3. The molecule has 1 atom stereocenters. The smallest absolute Gasteiger partial charge is 0.0955 e. The Morgan fingerprint density at radius 1 is 1.50 bits per heavy atom. The van der Waals surface area contributed by atoms with E-state index in [0.29, 0.717) is 4.83 Å². The van der Waals surface area contributed by atoms with E-state index in [1.54, 1.807) is 0 Å². The minimum Gasteiger partial charge on any atom is -0.334 e. The molecule has 0 amide bonds. The molecule has 2 aromatic rings. The van der Waals surface area contributed by atoms with E-state index >= 15 is 0 Å². The lowest BCUT2D eigenvalue weighted by Crippen LogP contribution is -1.96. The van der Waals surface area contributed by atoms with Crippen LogP contribution in [0.1, 0.15) is 12.5 Å². The number of aromatic nitrogens is 2. The molecule has 2 rings (SSSR count). The van der Waals surface area contributed by atoms with Crippen LogP contribution in [0.2, 0.25) is 0 Å². The minimum atomic E-state index is 0.517. The van der Waals surface area contributed by atoms with Crippen molar-refractivity contribution in [2.45, 2.75) is 18.2 Å². The second kappa shape index (κ2) is 3.73. The van der Waals surface area contributed by atoms with Crippen LogP contribution < -0.4 is 0 Å². The van der Waals surface area contributed by atoms with Crippen molar-refractivity contribution in [1.29, 1.82) is 0 Å². The number of aryl methyl sites for hydroxylation is 1. The highest BCUT2D eigenvalue weighted by Gasteiger charge is 2.03. The van der Waals surface area contributed by atoms with Gasteiger partial charge in [-0.15, -0.1) is 0 Å². The summed E-state index contributed by atoms with van der Waals surface area (Å²) in [4.78, 5) is 4.85. The van der Waals surface area contributed by atoms with Crippen molar-refractivity contribution in [2.75, 3.05) is 0 Å². The fourth-order valence-corrected chi connectivity index (χ4v) is 2.01. The van der Waals surface area contributed by atoms with Gasteiger partial charge in [0.1, 0.15) is 0 Å². The van der Waals surface area contributed by atoms with Crippen LogP contribution in [0.25, 0.3) is 11.0 Å². The molecule has 1 unspecified atom stereocenters. The second-order valence-electron chi connectivity index (χ2n) is 3.66. The number of fused-ring (bicyclic) bond motifs is 1. The first-order valence-electron chi connectivity index (χ1n) is 4.71. The minimum absolute atomic E-state index is 0.517. The Morgan fingerprint density at radius 3 is 3.00 bits per heavy atom. The number of alkyl halides is 1. The molecule has 1 aromatic carbocycles. The van der Waals surface area contributed by atoms with Crippen LogP contribution in [0.3, 0.4) is 0 Å². The first kappa shape index (κ1) is 9.71. The number of halogens is 1. The fourth-order valence-electron chi connectivity index (χ4n) is 1.63. The zero-order valence-corrected chi connectivity index (χ0v) is 9.95. The van der Waals surface area contributed by atoms with E-state index in [1.807, 2.05) is 17.9 Å². The third kappa shape index (κ3) is 1.82. The fraction of sp³-hybridized carbons (Fsp3) is 0.364. The van der Waals surface area contributed by atoms with Gasteiger partial charge in [0, 0.05) is 11.9 Å². The highest BCUT2D eigenvalue weighted by atomic mass is 79.9. The molecule has 0 fully saturated rings. The summed E-state index contributed by atoms with van der Waals surface area (Å²) in [6.45, 7) is 2.16. The van der Waals surface area contributed by atoms with E-state index in [9.17, 15) is 0 Å². The zero-order valence-electron chi connectivity index (χ0n) is 8.37. The summed E-state index contributed by atoms with van der Waals surface area (Å²) in [6, 6.07) is 6.46. The molecule has 3 heteroatoms. The Hall–Kier alpha value is -0.830. The molecule has 0 saturated heterocycles. The van der Waals surface area contributed by atoms with Gasteiger partial charge in [0.2, 0.25) is 0 Å². The number of nitrogens with zero attached hydrogens (tertiary/aromatic N) is 2. The molecule has 0 aliphatic rings. The maximum Gasteiger partial charge on any atom is 0.0955 e. The lowest BCUT2D eigenvalue weighted by atomic mass is 10.1. The summed E-state index contributed by atoms with van der Waals surface area (Å²) in [5, 5.41) is 0. The summed E-state index contributed by atoms with van der Waals surface area (Å²) >= 11 is 3.55. The average molecular weight is 253 g/mol. The number of rotatable bonds is 2. The van der Waals surface area contributed by atoms with Gasteiger partial charge in [0.25, 0.3) is 0 Å². The van der Waals surface area contributed by atoms with Crippen molar-refractivity contribution in [3.8, 4) is 0 Å². The van der Waals surface area contributed by atoms with Crippen molar-refractivity contribution in [1.82, 2.24) is 9.55 Å². The van der Waals surface area contributed by atoms with Crippen LogP contribution in [-0.2, 0) is 13.5 Å². The average Bonchev–Trinajstić information content (AvgIpc) is 2.46. The maximum absolute atomic E-state index is 4.33. The number of benzene rings is 1. The molecule has 0 spiro atoms. The predicted octanol–water partition coefficient (Wildman–Crippen LogP) is 2.90. The molecule has 1 heterocycles. The topological polar surface area (TPSA) is 17.8 Å². The van der Waals surface area contributed by atoms with Gasteiger partial charge in [-0.1, -0.05) is 28.9 Å². The number of hydrogen-bond donors (Lipinski definition) is 0. The van der Waals surface area contributed by atoms with E-state index in [4.69, 9.17) is 0 Å². The van der Waals surface area contributed by atoms with Crippen molar-refractivity contribution in [3.05, 3.63) is 30.1 Å². The van der Waals surface area contributed by atoms with E-state index < -0.39 is 0 Å². The molecular formula is C11H13BrN2. The Bertz CT molecular complexity index is 445. The molecular weight excluding hydrogens is 240 g/mol. The van der Waals surface area contributed by atoms with Crippen LogP contribution in [0.15, 0.2) is 24.5 Å². The maximum atomic E-state index is 4.33. The molecule has 0 radical (unpaired) electrons. The highest BCUT2D eigenvalue weighted by Crippen LogP contribution is 2.16. The molecule has 0 aliphatic heterocycles. The van der Waals surface area contributed by atoms with Crippen LogP contribution in [0, 0.1) is 0 Å². The molecule has 0 bridgehead atoms. The van der Waals surface area contributed by atoms with E-state index in [1.165, 1.54) is 11.1 Å². The van der Waals surface area contributed by atoms with Crippen molar-refractivity contribution < 1.29 is 0 Å². The third-order valence-corrected chi connectivity index (χ3v) is 2.63. The van der Waals surface area contributed by atoms with Crippen LogP contribution in [0.5, 0.6) is 0 Å². The molecule has 14 heavy (non-hydrogen) atoms. The number of imidazole rings is 1. The number of hydrogen-bond acceptors (Lipinski definition) is 1. The van der Waals surface area contributed by atoms with Crippen LogP contribution in [-0.4, -0.2) is 14.4 Å². The Morgan fingerprint density at radius 2 is 2.29 bits per heavy atom. The van der Waals surface area contributed by atoms with Gasteiger partial charge in [0.15, 0.2) is 0 Å². The zero-order chi connectivity index (χ0) is 10.1. The second-order valence-corrected chi connectivity index (χ2v) is 5.23. The quantitative estimate of drug-likeness (QED) is 0.752. The summed E-state index contributed by atoms with van der Waals surface area (Å²) in [6.07, 6.45) is 2.90. The van der Waals surface area contributed by atoms with Gasteiger partial charge >= 0.3 is 0 Å². The van der Waals surface area contributed by atoms with Crippen molar-refractivity contribution in [2.24, 2.45) is 7.05 Å². The molecule has 0 N–H and O–H groups in total. The molecule has 74 valence electrons. The van der Waals surface area contributed by atoms with Crippen LogP contribution in [0.4, 0.5) is 0 Å². The van der Waals surface area contributed by atoms with E-state index in [2.05, 4.69) is 46.0 Å². The van der Waals surface area contributed by atoms with Gasteiger partial charge in [0.05, 0.1) is 17.4 Å². The Labute approximate surface area is 92.1 Å². The normalized spacial score (nSPS) is 13.4. The summed E-state index contributed by atoms with van der Waals surface area (Å²) in [7, 11) is 2.02. The first-order valence-corrected chi connectivity index (χ1v) is 5.62. The van der Waals surface area contributed by atoms with Crippen molar-refractivity contribution >= 4 is 27.0 Å². The lowest BCUT2D eigenvalue weighted by Gasteiger charge is -2.03. The van der Waals surface area contributed by atoms with Gasteiger partial charge < -0.3 is 4.57 Å². The SMILES string of the molecule is CC(Br)Cc1ccc2c(c1)ncn2C. The monoisotopic (exact) mass is 252 g/mol. The third-order valence-electron chi connectivity index (χ3n) is 2.31. The van der Waals surface area contributed by atoms with Crippen molar-refractivity contribution in [3.63, 3.8) is 0 Å².